The zero-order valence-corrected chi connectivity index (χ0v) is 22.5. The standard InChI is InChI=1S/C26H34N6O7/c1-5-9-27-24(35)18-8-7-16(3)20(11-18)32(26(37)39-15-38-21(34)13-33)23-22-17(4)19(25(36)28-10-6-2)12-31(22)30-14-29-23/h7-8,11,14,19,33H,5-6,9-10,12-13,15H2,1-4H3,(H,27,35)(H,28,36). The number of fused-ring (bicyclic) bond motifs is 1. The molecule has 3 N–H and O–H groups in total. The number of nitrogens with one attached hydrogen (secondary N) is 2. The second-order valence-electron chi connectivity index (χ2n) is 8.94. The first-order chi connectivity index (χ1) is 18.7. The minimum atomic E-state index is -0.969. The van der Waals surface area contributed by atoms with E-state index in [1.54, 1.807) is 31.0 Å². The minimum absolute atomic E-state index is 0.126. The summed E-state index contributed by atoms with van der Waals surface area (Å²) in [5, 5.41) is 20.5. The summed E-state index contributed by atoms with van der Waals surface area (Å²) in [6, 6.07) is 4.87. The molecule has 39 heavy (non-hydrogen) atoms. The topological polar surface area (TPSA) is 162 Å². The van der Waals surface area contributed by atoms with Gasteiger partial charge in [-0.2, -0.15) is 5.10 Å². The zero-order valence-electron chi connectivity index (χ0n) is 22.5. The van der Waals surface area contributed by atoms with Gasteiger partial charge in [-0.1, -0.05) is 19.9 Å². The highest BCUT2D eigenvalue weighted by Gasteiger charge is 2.41. The largest absolute Gasteiger partial charge is 0.426 e. The second kappa shape index (κ2) is 13.5. The first kappa shape index (κ1) is 29.3. The molecule has 1 aromatic carbocycles. The number of aliphatic hydroxyl groups is 1. The molecule has 0 radical (unpaired) electrons. The predicted octanol–water partition coefficient (Wildman–Crippen LogP) is 1.66. The highest BCUT2D eigenvalue weighted by atomic mass is 16.7. The third kappa shape index (κ3) is 6.79. The number of benzene rings is 1. The molecule has 0 spiro atoms. The SMILES string of the molecule is CCCNC(=O)c1ccc(C)c(N(C(=O)OCOC(=O)CO)C2=NC=NN3CC(C(=O)NCCC)C(C)=C23)c1. The van der Waals surface area contributed by atoms with E-state index in [0.717, 1.165) is 17.7 Å². The van der Waals surface area contributed by atoms with E-state index in [4.69, 9.17) is 14.6 Å². The lowest BCUT2D eigenvalue weighted by Crippen LogP contribution is -2.43. The van der Waals surface area contributed by atoms with Crippen LogP contribution in [0.1, 0.15) is 49.5 Å². The van der Waals surface area contributed by atoms with E-state index in [2.05, 4.69) is 20.7 Å². The molecular weight excluding hydrogens is 508 g/mol. The summed E-state index contributed by atoms with van der Waals surface area (Å²) in [5.41, 5.74) is 2.32. The van der Waals surface area contributed by atoms with E-state index in [1.165, 1.54) is 12.4 Å². The van der Waals surface area contributed by atoms with Crippen LogP contribution >= 0.6 is 0 Å². The summed E-state index contributed by atoms with van der Waals surface area (Å²) in [6.45, 7) is 7.05. The number of hydrogen-bond acceptors (Lipinski definition) is 10. The summed E-state index contributed by atoms with van der Waals surface area (Å²) < 4.78 is 9.90. The van der Waals surface area contributed by atoms with Crippen molar-refractivity contribution in [2.45, 2.75) is 40.5 Å². The number of carbonyl (C=O) groups excluding carboxylic acids is 4. The van der Waals surface area contributed by atoms with Crippen LogP contribution in [-0.2, 0) is 19.1 Å². The van der Waals surface area contributed by atoms with Crippen LogP contribution in [0.5, 0.6) is 0 Å². The van der Waals surface area contributed by atoms with Gasteiger partial charge in [0.1, 0.15) is 18.6 Å². The van der Waals surface area contributed by atoms with E-state index in [9.17, 15) is 19.2 Å². The van der Waals surface area contributed by atoms with E-state index >= 15 is 0 Å². The Kier molecular flexibility index (Phi) is 10.1. The van der Waals surface area contributed by atoms with Gasteiger partial charge in [0.2, 0.25) is 12.7 Å². The molecule has 0 fully saturated rings. The van der Waals surface area contributed by atoms with Crippen molar-refractivity contribution in [3.63, 3.8) is 0 Å². The van der Waals surface area contributed by atoms with Gasteiger partial charge >= 0.3 is 12.1 Å². The van der Waals surface area contributed by atoms with Crippen LogP contribution in [-0.4, -0.2) is 79.2 Å². The number of anilines is 1. The second-order valence-corrected chi connectivity index (χ2v) is 8.94. The molecule has 1 aromatic rings. The van der Waals surface area contributed by atoms with Crippen LogP contribution in [0.4, 0.5) is 10.5 Å². The van der Waals surface area contributed by atoms with Crippen LogP contribution in [0.3, 0.4) is 0 Å². The molecular formula is C26H34N6O7. The highest BCUT2D eigenvalue weighted by Crippen LogP contribution is 2.34. The fourth-order valence-corrected chi connectivity index (χ4v) is 4.07. The van der Waals surface area contributed by atoms with Gasteiger partial charge in [0, 0.05) is 18.7 Å². The average Bonchev–Trinajstić information content (AvgIpc) is 3.28. The summed E-state index contributed by atoms with van der Waals surface area (Å²) in [5.74, 6) is -1.85. The lowest BCUT2D eigenvalue weighted by atomic mass is 10.0. The monoisotopic (exact) mass is 542 g/mol. The summed E-state index contributed by atoms with van der Waals surface area (Å²) in [6.07, 6.45) is 1.84. The Balaban J connectivity index is 2.05. The molecule has 2 heterocycles. The van der Waals surface area contributed by atoms with Crippen LogP contribution in [0.25, 0.3) is 0 Å². The summed E-state index contributed by atoms with van der Waals surface area (Å²) in [4.78, 5) is 55.9. The van der Waals surface area contributed by atoms with Gasteiger partial charge in [0.25, 0.3) is 5.91 Å². The maximum Gasteiger partial charge on any atom is 0.423 e. The molecule has 3 rings (SSSR count). The van der Waals surface area contributed by atoms with Gasteiger partial charge in [-0.25, -0.2) is 19.5 Å². The number of rotatable bonds is 10. The molecule has 13 heteroatoms. The number of hydrazone groups is 1. The van der Waals surface area contributed by atoms with E-state index < -0.39 is 31.4 Å². The average molecular weight is 543 g/mol. The number of aliphatic hydroxyl groups excluding tert-OH is 1. The smallest absolute Gasteiger partial charge is 0.423 e. The lowest BCUT2D eigenvalue weighted by Gasteiger charge is -2.30. The van der Waals surface area contributed by atoms with Gasteiger partial charge in [0.15, 0.2) is 5.84 Å². The Labute approximate surface area is 226 Å². The van der Waals surface area contributed by atoms with Crippen molar-refractivity contribution < 1.29 is 33.8 Å². The normalized spacial score (nSPS) is 15.9. The molecule has 2 aliphatic heterocycles. The van der Waals surface area contributed by atoms with Crippen LogP contribution in [0.15, 0.2) is 39.6 Å². The molecule has 0 saturated heterocycles. The van der Waals surface area contributed by atoms with Crippen molar-refractivity contribution in [2.24, 2.45) is 16.0 Å². The van der Waals surface area contributed by atoms with Crippen molar-refractivity contribution in [3.05, 3.63) is 40.6 Å². The predicted molar refractivity (Wildman–Crippen MR) is 143 cm³/mol. The molecule has 2 aliphatic rings. The Morgan fingerprint density at radius 2 is 1.82 bits per heavy atom. The first-order valence-corrected chi connectivity index (χ1v) is 12.7. The molecule has 0 aromatic heterocycles. The van der Waals surface area contributed by atoms with Crippen molar-refractivity contribution in [3.8, 4) is 0 Å². The first-order valence-electron chi connectivity index (χ1n) is 12.7. The minimum Gasteiger partial charge on any atom is -0.426 e. The Morgan fingerprint density at radius 3 is 2.51 bits per heavy atom. The maximum atomic E-state index is 13.5. The van der Waals surface area contributed by atoms with Crippen LogP contribution in [0.2, 0.25) is 0 Å². The van der Waals surface area contributed by atoms with Gasteiger partial charge in [-0.05, 0) is 50.0 Å². The van der Waals surface area contributed by atoms with Crippen molar-refractivity contribution in [1.82, 2.24) is 15.6 Å². The zero-order chi connectivity index (χ0) is 28.5. The van der Waals surface area contributed by atoms with Crippen molar-refractivity contribution in [1.29, 1.82) is 0 Å². The van der Waals surface area contributed by atoms with E-state index in [0.29, 0.717) is 41.2 Å². The van der Waals surface area contributed by atoms with Gasteiger partial charge < -0.3 is 25.2 Å². The van der Waals surface area contributed by atoms with Crippen LogP contribution < -0.4 is 15.5 Å². The molecule has 0 bridgehead atoms. The van der Waals surface area contributed by atoms with E-state index in [1.807, 2.05) is 13.8 Å². The molecule has 0 saturated carbocycles. The van der Waals surface area contributed by atoms with Gasteiger partial charge in [0.05, 0.1) is 18.2 Å². The third-order valence-corrected chi connectivity index (χ3v) is 6.13. The fourth-order valence-electron chi connectivity index (χ4n) is 4.07. The number of esters is 1. The Morgan fingerprint density at radius 1 is 1.10 bits per heavy atom. The Bertz CT molecular complexity index is 1210. The van der Waals surface area contributed by atoms with Gasteiger partial charge in [-0.15, -0.1) is 0 Å². The molecule has 1 atom stereocenters. The van der Waals surface area contributed by atoms with Crippen molar-refractivity contribution in [2.75, 3.05) is 37.9 Å². The highest BCUT2D eigenvalue weighted by molar-refractivity contribution is 6.24. The molecule has 13 nitrogen and oxygen atoms in total. The fraction of sp³-hybridized carbons (Fsp3) is 0.462. The Hall–Kier alpha value is -4.26. The number of amidine groups is 1. The number of amides is 3. The molecule has 210 valence electrons. The number of carbonyl (C=O) groups is 4. The number of ether oxygens (including phenoxy) is 2. The molecule has 1 unspecified atom stereocenters. The van der Waals surface area contributed by atoms with E-state index in [-0.39, 0.29) is 24.2 Å². The maximum absolute atomic E-state index is 13.5. The number of aliphatic imine (C=N–C) groups is 1. The number of nitrogens with zero attached hydrogens (tertiary/aromatic N) is 4. The van der Waals surface area contributed by atoms with Crippen molar-refractivity contribution >= 4 is 41.7 Å². The van der Waals surface area contributed by atoms with Crippen LogP contribution in [0, 0.1) is 12.8 Å². The quantitative estimate of drug-likeness (QED) is 0.297. The number of hydrogen-bond donors (Lipinski definition) is 3. The summed E-state index contributed by atoms with van der Waals surface area (Å²) in [7, 11) is 0. The molecule has 0 aliphatic carbocycles. The number of aryl methyl sites for hydroxylation is 1. The lowest BCUT2D eigenvalue weighted by molar-refractivity contribution is -0.154. The molecule has 3 amide bonds. The van der Waals surface area contributed by atoms with Gasteiger partial charge in [-0.3, -0.25) is 14.6 Å². The summed E-state index contributed by atoms with van der Waals surface area (Å²) >= 11 is 0. The third-order valence-electron chi connectivity index (χ3n) is 6.13.